The Morgan fingerprint density at radius 1 is 1.20 bits per heavy atom. The minimum atomic E-state index is 0.140. The van der Waals surface area contributed by atoms with Crippen LogP contribution in [0.25, 0.3) is 0 Å². The number of aliphatic hydroxyl groups excluding tert-OH is 1. The van der Waals surface area contributed by atoms with Gasteiger partial charge in [0.1, 0.15) is 0 Å². The van der Waals surface area contributed by atoms with Gasteiger partial charge in [-0.25, -0.2) is 0 Å². The molecule has 0 amide bonds. The first-order chi connectivity index (χ1) is 7.22. The van der Waals surface area contributed by atoms with Crippen LogP contribution in [0.2, 0.25) is 0 Å². The highest BCUT2D eigenvalue weighted by Crippen LogP contribution is 2.34. The number of hydrogen-bond acceptors (Lipinski definition) is 1. The van der Waals surface area contributed by atoms with E-state index in [1.165, 1.54) is 19.3 Å². The van der Waals surface area contributed by atoms with Crippen LogP contribution in [0.15, 0.2) is 30.3 Å². The lowest BCUT2D eigenvalue weighted by Gasteiger charge is -1.98. The fraction of sp³-hybridized carbons (Fsp3) is 0.571. The van der Waals surface area contributed by atoms with Gasteiger partial charge in [0.05, 0.1) is 6.61 Å². The predicted molar refractivity (Wildman–Crippen MR) is 64.5 cm³/mol. The molecule has 0 unspecified atom stereocenters. The molecule has 0 spiro atoms. The first-order valence-corrected chi connectivity index (χ1v) is 5.87. The highest BCUT2D eigenvalue weighted by Gasteiger charge is 2.21. The minimum Gasteiger partial charge on any atom is -0.392 e. The van der Waals surface area contributed by atoms with Crippen LogP contribution in [-0.2, 0) is 6.61 Å². The van der Waals surface area contributed by atoms with E-state index in [-0.39, 0.29) is 6.61 Å². The second kappa shape index (κ2) is 6.62. The van der Waals surface area contributed by atoms with Crippen molar-refractivity contribution in [2.24, 2.45) is 11.8 Å². The molecule has 1 aliphatic carbocycles. The molecule has 1 aromatic carbocycles. The largest absolute Gasteiger partial charge is 0.392 e. The zero-order valence-corrected chi connectivity index (χ0v) is 9.82. The van der Waals surface area contributed by atoms with E-state index in [0.717, 1.165) is 17.4 Å². The van der Waals surface area contributed by atoms with E-state index < -0.39 is 0 Å². The zero-order valence-electron chi connectivity index (χ0n) is 9.82. The van der Waals surface area contributed by atoms with Crippen LogP contribution < -0.4 is 0 Å². The number of benzene rings is 1. The lowest BCUT2D eigenvalue weighted by atomic mass is 10.1. The molecule has 0 heterocycles. The summed E-state index contributed by atoms with van der Waals surface area (Å²) in [6.45, 7) is 4.75. The normalized spacial score (nSPS) is 14.7. The van der Waals surface area contributed by atoms with Crippen LogP contribution >= 0.6 is 0 Å². The van der Waals surface area contributed by atoms with Crippen molar-refractivity contribution in [3.05, 3.63) is 35.9 Å². The summed E-state index contributed by atoms with van der Waals surface area (Å²) in [5.74, 6) is 2.06. The summed E-state index contributed by atoms with van der Waals surface area (Å²) in [6, 6.07) is 9.52. The van der Waals surface area contributed by atoms with Gasteiger partial charge in [0.25, 0.3) is 0 Å². The summed E-state index contributed by atoms with van der Waals surface area (Å²) < 4.78 is 0. The van der Waals surface area contributed by atoms with Crippen LogP contribution in [0.1, 0.15) is 38.7 Å². The number of rotatable bonds is 3. The van der Waals surface area contributed by atoms with Crippen molar-refractivity contribution in [3.63, 3.8) is 0 Å². The summed E-state index contributed by atoms with van der Waals surface area (Å²) in [5.41, 5.74) is 0.965. The van der Waals surface area contributed by atoms with Crippen LogP contribution in [0.5, 0.6) is 0 Å². The van der Waals surface area contributed by atoms with E-state index in [1.807, 2.05) is 30.3 Å². The molecule has 1 nitrogen and oxygen atoms in total. The van der Waals surface area contributed by atoms with Crippen molar-refractivity contribution in [1.29, 1.82) is 0 Å². The monoisotopic (exact) mass is 206 g/mol. The van der Waals surface area contributed by atoms with Crippen molar-refractivity contribution >= 4 is 0 Å². The van der Waals surface area contributed by atoms with Crippen LogP contribution in [-0.4, -0.2) is 5.11 Å². The summed E-state index contributed by atoms with van der Waals surface area (Å²) in [7, 11) is 0. The van der Waals surface area contributed by atoms with Crippen LogP contribution in [0.3, 0.4) is 0 Å². The Balaban J connectivity index is 0.000000151. The smallest absolute Gasteiger partial charge is 0.0681 e. The van der Waals surface area contributed by atoms with Gasteiger partial charge in [-0.1, -0.05) is 57.0 Å². The molecule has 2 rings (SSSR count). The molecule has 0 radical (unpaired) electrons. The van der Waals surface area contributed by atoms with Gasteiger partial charge in [-0.15, -0.1) is 0 Å². The van der Waals surface area contributed by atoms with Gasteiger partial charge >= 0.3 is 0 Å². The summed E-state index contributed by atoms with van der Waals surface area (Å²) >= 11 is 0. The van der Waals surface area contributed by atoms with Gasteiger partial charge in [-0.3, -0.25) is 0 Å². The third-order valence-electron chi connectivity index (χ3n) is 2.53. The Bertz CT molecular complexity index is 249. The zero-order chi connectivity index (χ0) is 11.1. The summed E-state index contributed by atoms with van der Waals surface area (Å²) in [4.78, 5) is 0. The molecule has 1 heteroatoms. The lowest BCUT2D eigenvalue weighted by molar-refractivity contribution is 0.282. The molecule has 1 aromatic rings. The Hall–Kier alpha value is -0.820. The van der Waals surface area contributed by atoms with Crippen molar-refractivity contribution < 1.29 is 5.11 Å². The standard InChI is InChI=1S/C7H8O.C7H14/c8-6-7-4-2-1-3-5-7;1-6(2)5-7-3-4-7/h1-5,8H,6H2;6-7H,3-5H2,1-2H3. The van der Waals surface area contributed by atoms with Crippen LogP contribution in [0, 0.1) is 11.8 Å². The average molecular weight is 206 g/mol. The Labute approximate surface area is 93.1 Å². The number of aliphatic hydroxyl groups is 1. The molecule has 1 saturated carbocycles. The van der Waals surface area contributed by atoms with E-state index in [4.69, 9.17) is 5.11 Å². The third kappa shape index (κ3) is 6.29. The molecule has 0 bridgehead atoms. The van der Waals surface area contributed by atoms with Crippen molar-refractivity contribution in [3.8, 4) is 0 Å². The molecule has 0 aliphatic heterocycles. The molecular formula is C14H22O. The van der Waals surface area contributed by atoms with E-state index in [9.17, 15) is 0 Å². The van der Waals surface area contributed by atoms with Crippen molar-refractivity contribution in [2.45, 2.75) is 39.7 Å². The first kappa shape index (κ1) is 12.3. The average Bonchev–Trinajstić information content (AvgIpc) is 3.03. The molecule has 0 saturated heterocycles. The van der Waals surface area contributed by atoms with Gasteiger partial charge in [0.2, 0.25) is 0 Å². The molecule has 0 aromatic heterocycles. The molecule has 1 fully saturated rings. The van der Waals surface area contributed by atoms with Gasteiger partial charge in [0.15, 0.2) is 0 Å². The van der Waals surface area contributed by atoms with E-state index in [0.29, 0.717) is 0 Å². The maximum atomic E-state index is 8.54. The fourth-order valence-corrected chi connectivity index (χ4v) is 1.60. The van der Waals surface area contributed by atoms with E-state index >= 15 is 0 Å². The molecule has 1 N–H and O–H groups in total. The number of hydrogen-bond donors (Lipinski definition) is 1. The van der Waals surface area contributed by atoms with Crippen molar-refractivity contribution in [2.75, 3.05) is 0 Å². The molecular weight excluding hydrogens is 184 g/mol. The Kier molecular flexibility index (Phi) is 5.41. The van der Waals surface area contributed by atoms with E-state index in [2.05, 4.69) is 13.8 Å². The quantitative estimate of drug-likeness (QED) is 0.800. The Morgan fingerprint density at radius 2 is 1.80 bits per heavy atom. The fourth-order valence-electron chi connectivity index (χ4n) is 1.60. The van der Waals surface area contributed by atoms with Gasteiger partial charge < -0.3 is 5.11 Å². The maximum Gasteiger partial charge on any atom is 0.0681 e. The molecule has 1 aliphatic rings. The third-order valence-corrected chi connectivity index (χ3v) is 2.53. The summed E-state index contributed by atoms with van der Waals surface area (Å²) in [5, 5.41) is 8.54. The maximum absolute atomic E-state index is 8.54. The second-order valence-electron chi connectivity index (χ2n) is 4.72. The second-order valence-corrected chi connectivity index (χ2v) is 4.72. The van der Waals surface area contributed by atoms with Gasteiger partial charge in [0, 0.05) is 0 Å². The van der Waals surface area contributed by atoms with Crippen molar-refractivity contribution in [1.82, 2.24) is 0 Å². The highest BCUT2D eigenvalue weighted by atomic mass is 16.3. The lowest BCUT2D eigenvalue weighted by Crippen LogP contribution is -1.86. The molecule has 15 heavy (non-hydrogen) atoms. The first-order valence-electron chi connectivity index (χ1n) is 5.87. The summed E-state index contributed by atoms with van der Waals surface area (Å²) in [6.07, 6.45) is 4.50. The van der Waals surface area contributed by atoms with E-state index in [1.54, 1.807) is 0 Å². The molecule has 0 atom stereocenters. The van der Waals surface area contributed by atoms with Crippen LogP contribution in [0.4, 0.5) is 0 Å². The topological polar surface area (TPSA) is 20.2 Å². The van der Waals surface area contributed by atoms with Gasteiger partial charge in [-0.05, 0) is 23.8 Å². The van der Waals surface area contributed by atoms with Gasteiger partial charge in [-0.2, -0.15) is 0 Å². The highest BCUT2D eigenvalue weighted by molar-refractivity contribution is 5.12. The predicted octanol–water partition coefficient (Wildman–Crippen LogP) is 3.62. The minimum absolute atomic E-state index is 0.140. The Morgan fingerprint density at radius 3 is 2.07 bits per heavy atom. The SMILES string of the molecule is CC(C)CC1CC1.OCc1ccccc1. The molecule has 84 valence electrons.